The summed E-state index contributed by atoms with van der Waals surface area (Å²) in [5.74, 6) is 0.352. The van der Waals surface area contributed by atoms with Gasteiger partial charge in [0, 0.05) is 32.2 Å². The van der Waals surface area contributed by atoms with Crippen molar-refractivity contribution in [1.82, 2.24) is 10.2 Å². The molecule has 0 radical (unpaired) electrons. The van der Waals surface area contributed by atoms with Crippen LogP contribution in [0.5, 0.6) is 0 Å². The molecule has 21 heavy (non-hydrogen) atoms. The topological polar surface area (TPSA) is 58.6 Å². The van der Waals surface area contributed by atoms with Crippen LogP contribution in [-0.2, 0) is 14.3 Å². The predicted octanol–water partition coefficient (Wildman–Crippen LogP) is 1.71. The van der Waals surface area contributed by atoms with Crippen LogP contribution >= 0.6 is 0 Å². The zero-order chi connectivity index (χ0) is 15.1. The second-order valence-corrected chi connectivity index (χ2v) is 6.10. The smallest absolute Gasteiger partial charge is 0.251 e. The third-order valence-electron chi connectivity index (χ3n) is 4.46. The lowest BCUT2D eigenvalue weighted by Gasteiger charge is -2.32. The summed E-state index contributed by atoms with van der Waals surface area (Å²) in [7, 11) is 0. The Morgan fingerprint density at radius 1 is 1.19 bits per heavy atom. The van der Waals surface area contributed by atoms with Crippen molar-refractivity contribution >= 4 is 11.8 Å². The summed E-state index contributed by atoms with van der Waals surface area (Å²) in [6.07, 6.45) is 6.52. The lowest BCUT2D eigenvalue weighted by atomic mass is 9.95. The molecule has 0 aliphatic carbocycles. The van der Waals surface area contributed by atoms with Crippen molar-refractivity contribution in [2.75, 3.05) is 26.2 Å². The van der Waals surface area contributed by atoms with Crippen LogP contribution in [0.2, 0.25) is 0 Å². The van der Waals surface area contributed by atoms with Gasteiger partial charge in [-0.25, -0.2) is 0 Å². The molecule has 5 heteroatoms. The quantitative estimate of drug-likeness (QED) is 0.759. The maximum absolute atomic E-state index is 12.2. The highest BCUT2D eigenvalue weighted by Gasteiger charge is 2.32. The molecule has 5 nitrogen and oxygen atoms in total. The summed E-state index contributed by atoms with van der Waals surface area (Å²) in [6.45, 7) is 5.01. The lowest BCUT2D eigenvalue weighted by Crippen LogP contribution is -2.46. The Hall–Kier alpha value is -1.10. The summed E-state index contributed by atoms with van der Waals surface area (Å²) < 4.78 is 5.45. The van der Waals surface area contributed by atoms with E-state index in [4.69, 9.17) is 4.74 Å². The van der Waals surface area contributed by atoms with E-state index in [1.807, 2.05) is 4.90 Å². The van der Waals surface area contributed by atoms with Gasteiger partial charge in [0.05, 0.1) is 0 Å². The molecule has 2 aliphatic rings. The maximum Gasteiger partial charge on any atom is 0.251 e. The molecule has 0 spiro atoms. The first kappa shape index (κ1) is 16.3. The van der Waals surface area contributed by atoms with E-state index < -0.39 is 0 Å². The molecule has 2 rings (SSSR count). The van der Waals surface area contributed by atoms with E-state index in [2.05, 4.69) is 12.2 Å². The van der Waals surface area contributed by atoms with E-state index in [1.54, 1.807) is 0 Å². The SMILES string of the molecule is CCCCCNC(=O)C1CCN(C(=O)C2CCCO2)CC1. The van der Waals surface area contributed by atoms with Crippen molar-refractivity contribution in [3.8, 4) is 0 Å². The van der Waals surface area contributed by atoms with Crippen LogP contribution in [0.3, 0.4) is 0 Å². The fourth-order valence-corrected chi connectivity index (χ4v) is 3.07. The Morgan fingerprint density at radius 3 is 2.57 bits per heavy atom. The zero-order valence-corrected chi connectivity index (χ0v) is 13.1. The van der Waals surface area contributed by atoms with Crippen molar-refractivity contribution in [3.63, 3.8) is 0 Å². The Balaban J connectivity index is 1.67. The minimum atomic E-state index is -0.232. The van der Waals surface area contributed by atoms with Crippen LogP contribution in [0.1, 0.15) is 51.9 Å². The molecule has 0 aromatic heterocycles. The van der Waals surface area contributed by atoms with E-state index in [0.29, 0.717) is 19.7 Å². The fourth-order valence-electron chi connectivity index (χ4n) is 3.07. The Bertz CT molecular complexity index is 345. The largest absolute Gasteiger partial charge is 0.368 e. The normalized spacial score (nSPS) is 23.3. The molecule has 0 bridgehead atoms. The first-order valence-electron chi connectivity index (χ1n) is 8.40. The number of nitrogens with one attached hydrogen (secondary N) is 1. The van der Waals surface area contributed by atoms with Gasteiger partial charge in [0.2, 0.25) is 5.91 Å². The van der Waals surface area contributed by atoms with Crippen LogP contribution < -0.4 is 5.32 Å². The number of carbonyl (C=O) groups is 2. The van der Waals surface area contributed by atoms with Gasteiger partial charge in [-0.1, -0.05) is 19.8 Å². The van der Waals surface area contributed by atoms with Crippen LogP contribution in [0.15, 0.2) is 0 Å². The molecular weight excluding hydrogens is 268 g/mol. The van der Waals surface area contributed by atoms with Crippen molar-refractivity contribution < 1.29 is 14.3 Å². The number of likely N-dealkylation sites (tertiary alicyclic amines) is 1. The fraction of sp³-hybridized carbons (Fsp3) is 0.875. The number of rotatable bonds is 6. The number of unbranched alkanes of at least 4 members (excludes halogenated alkanes) is 2. The van der Waals surface area contributed by atoms with Crippen LogP contribution in [0.4, 0.5) is 0 Å². The van der Waals surface area contributed by atoms with Gasteiger partial charge in [-0.15, -0.1) is 0 Å². The number of hydrogen-bond acceptors (Lipinski definition) is 3. The lowest BCUT2D eigenvalue weighted by molar-refractivity contribution is -0.143. The van der Waals surface area contributed by atoms with E-state index >= 15 is 0 Å². The summed E-state index contributed by atoms with van der Waals surface area (Å²) in [4.78, 5) is 26.1. The third kappa shape index (κ3) is 4.70. The van der Waals surface area contributed by atoms with Gasteiger partial charge in [0.15, 0.2) is 0 Å². The zero-order valence-electron chi connectivity index (χ0n) is 13.1. The van der Waals surface area contributed by atoms with Crippen LogP contribution in [0, 0.1) is 5.92 Å². The summed E-state index contributed by atoms with van der Waals surface area (Å²) in [6, 6.07) is 0. The summed E-state index contributed by atoms with van der Waals surface area (Å²) in [5, 5.41) is 3.02. The minimum absolute atomic E-state index is 0.0696. The van der Waals surface area contributed by atoms with Gasteiger partial charge in [0.25, 0.3) is 5.91 Å². The van der Waals surface area contributed by atoms with Gasteiger partial charge in [0.1, 0.15) is 6.10 Å². The molecule has 2 heterocycles. The molecule has 1 N–H and O–H groups in total. The molecule has 2 saturated heterocycles. The second kappa shape index (κ2) is 8.37. The van der Waals surface area contributed by atoms with E-state index in [1.165, 1.54) is 6.42 Å². The Kier molecular flexibility index (Phi) is 6.49. The Morgan fingerprint density at radius 2 is 1.95 bits per heavy atom. The average Bonchev–Trinajstić information content (AvgIpc) is 3.05. The summed E-state index contributed by atoms with van der Waals surface area (Å²) in [5.41, 5.74) is 0. The van der Waals surface area contributed by atoms with Gasteiger partial charge in [-0.05, 0) is 32.1 Å². The van der Waals surface area contributed by atoms with Crippen molar-refractivity contribution in [2.45, 2.75) is 58.0 Å². The molecule has 0 saturated carbocycles. The molecule has 0 aromatic rings. The monoisotopic (exact) mass is 296 g/mol. The van der Waals surface area contributed by atoms with E-state index in [-0.39, 0.29) is 23.8 Å². The summed E-state index contributed by atoms with van der Waals surface area (Å²) >= 11 is 0. The second-order valence-electron chi connectivity index (χ2n) is 6.10. The number of piperidine rings is 1. The molecule has 2 amide bonds. The molecule has 120 valence electrons. The number of ether oxygens (including phenoxy) is 1. The highest BCUT2D eigenvalue weighted by atomic mass is 16.5. The van der Waals surface area contributed by atoms with Gasteiger partial charge >= 0.3 is 0 Å². The molecule has 0 aromatic carbocycles. The van der Waals surface area contributed by atoms with Gasteiger partial charge in [-0.2, -0.15) is 0 Å². The Labute approximate surface area is 127 Å². The standard InChI is InChI=1S/C16H28N2O3/c1-2-3-4-9-17-15(19)13-7-10-18(11-8-13)16(20)14-6-5-12-21-14/h13-14H,2-12H2,1H3,(H,17,19). The molecular formula is C16H28N2O3. The van der Waals surface area contributed by atoms with Gasteiger partial charge in [-0.3, -0.25) is 9.59 Å². The maximum atomic E-state index is 12.2. The highest BCUT2D eigenvalue weighted by Crippen LogP contribution is 2.21. The minimum Gasteiger partial charge on any atom is -0.368 e. The predicted molar refractivity (Wildman–Crippen MR) is 80.8 cm³/mol. The van der Waals surface area contributed by atoms with E-state index in [9.17, 15) is 9.59 Å². The number of nitrogens with zero attached hydrogens (tertiary/aromatic N) is 1. The van der Waals surface area contributed by atoms with E-state index in [0.717, 1.165) is 45.1 Å². The first-order chi connectivity index (χ1) is 10.2. The molecule has 1 atom stereocenters. The van der Waals surface area contributed by atoms with Crippen LogP contribution in [-0.4, -0.2) is 49.1 Å². The molecule has 2 aliphatic heterocycles. The van der Waals surface area contributed by atoms with Crippen molar-refractivity contribution in [2.24, 2.45) is 5.92 Å². The molecule has 2 fully saturated rings. The van der Waals surface area contributed by atoms with Gasteiger partial charge < -0.3 is 15.0 Å². The first-order valence-corrected chi connectivity index (χ1v) is 8.40. The van der Waals surface area contributed by atoms with Crippen molar-refractivity contribution in [3.05, 3.63) is 0 Å². The highest BCUT2D eigenvalue weighted by molar-refractivity contribution is 5.82. The number of amides is 2. The molecule has 1 unspecified atom stereocenters. The number of hydrogen-bond donors (Lipinski definition) is 1. The average molecular weight is 296 g/mol. The number of carbonyl (C=O) groups excluding carboxylic acids is 2. The van der Waals surface area contributed by atoms with Crippen molar-refractivity contribution in [1.29, 1.82) is 0 Å². The third-order valence-corrected chi connectivity index (χ3v) is 4.46. The van der Waals surface area contributed by atoms with Crippen LogP contribution in [0.25, 0.3) is 0 Å².